The molecule has 2 saturated heterocycles. The number of carboxylic acids is 1. The number of aliphatic carboxylic acids is 1. The smallest absolute Gasteiger partial charge is 0.409 e. The van der Waals surface area contributed by atoms with Crippen LogP contribution in [0.5, 0.6) is 5.88 Å². The summed E-state index contributed by atoms with van der Waals surface area (Å²) in [5.41, 5.74) is 0.410. The van der Waals surface area contributed by atoms with Gasteiger partial charge in [0.2, 0.25) is 17.7 Å². The molecule has 0 spiro atoms. The van der Waals surface area contributed by atoms with Crippen LogP contribution in [-0.2, 0) is 23.9 Å². The lowest BCUT2D eigenvalue weighted by Crippen LogP contribution is -2.51. The molecule has 3 atom stereocenters. The molecule has 5 amide bonds. The Hall–Kier alpha value is -5.15. The number of benzene rings is 1. The van der Waals surface area contributed by atoms with E-state index in [1.807, 2.05) is 6.92 Å². The zero-order valence-electron chi connectivity index (χ0n) is 28.9. The van der Waals surface area contributed by atoms with E-state index in [2.05, 4.69) is 21.0 Å². The fourth-order valence-electron chi connectivity index (χ4n) is 6.25. The third-order valence-electron chi connectivity index (χ3n) is 9.37. The van der Waals surface area contributed by atoms with Crippen LogP contribution in [-0.4, -0.2) is 117 Å². The number of unbranched alkanes of at least 4 members (excludes halogenated alkanes) is 1. The van der Waals surface area contributed by atoms with Crippen LogP contribution in [0, 0.1) is 0 Å². The van der Waals surface area contributed by atoms with Gasteiger partial charge < -0.3 is 40.3 Å². The van der Waals surface area contributed by atoms with Crippen LogP contribution in [0.15, 0.2) is 36.4 Å². The number of carbonyl (C=O) groups is 6. The monoisotopic (exact) mass is 709 g/mol. The minimum Gasteiger partial charge on any atom is -0.481 e. The number of amides is 5. The number of aromatic nitrogens is 2. The molecule has 3 unspecified atom stereocenters. The highest BCUT2D eigenvalue weighted by atomic mass is 16.6. The van der Waals surface area contributed by atoms with Gasteiger partial charge in [-0.1, -0.05) is 31.5 Å². The number of rotatable bonds is 16. The lowest BCUT2D eigenvalue weighted by atomic mass is 9.93. The molecule has 3 heterocycles. The number of nitrogens with zero attached hydrogens (tertiary/aromatic N) is 4. The molecule has 1 aromatic carbocycles. The molecular weight excluding hydrogens is 662 g/mol. The number of hydrogen-bond donors (Lipinski definition) is 4. The predicted molar refractivity (Wildman–Crippen MR) is 182 cm³/mol. The number of likely N-dealkylation sites (tertiary alicyclic amines) is 2. The van der Waals surface area contributed by atoms with Crippen LogP contribution in [0.25, 0.3) is 5.69 Å². The van der Waals surface area contributed by atoms with E-state index in [-0.39, 0.29) is 48.8 Å². The molecule has 1 aromatic heterocycles. The Balaban J connectivity index is 1.24. The molecule has 51 heavy (non-hydrogen) atoms. The number of carbonyl (C=O) groups excluding carboxylic acids is 5. The summed E-state index contributed by atoms with van der Waals surface area (Å²) >= 11 is 0. The molecule has 276 valence electrons. The SMILES string of the molecule is CCCCOC(=O)N1CCC(NC(=O)C(CCC(=O)O)NC(=O)c2cc(OCC(=O)N3CCCC3C(=O)NC3CCC3)n(-c3ccccc3)n2)C1. The van der Waals surface area contributed by atoms with Gasteiger partial charge in [0.25, 0.3) is 11.8 Å². The normalized spacial score (nSPS) is 19.2. The summed E-state index contributed by atoms with van der Waals surface area (Å²) in [5.74, 6) is -2.95. The molecule has 2 aromatic rings. The molecule has 5 rings (SSSR count). The van der Waals surface area contributed by atoms with E-state index in [1.54, 1.807) is 30.3 Å². The van der Waals surface area contributed by atoms with Crippen molar-refractivity contribution in [3.8, 4) is 11.6 Å². The third-order valence-corrected chi connectivity index (χ3v) is 9.37. The summed E-state index contributed by atoms with van der Waals surface area (Å²) in [4.78, 5) is 79.8. The van der Waals surface area contributed by atoms with Crippen molar-refractivity contribution in [2.24, 2.45) is 0 Å². The Morgan fingerprint density at radius 2 is 1.76 bits per heavy atom. The standard InChI is InChI=1S/C35H47N7O9/c1-2-3-19-50-35(49)40-18-16-24(21-40)37-32(46)26(14-15-31(44)45)38-33(47)27-20-30(42(39-27)25-11-5-4-6-12-25)51-22-29(43)41-17-8-13-28(41)34(48)36-23-9-7-10-23/h4-6,11-12,20,23-24,26,28H,2-3,7-10,13-19,21-22H2,1H3,(H,36,48)(H,37,46)(H,38,47)(H,44,45). The zero-order chi connectivity index (χ0) is 36.3. The molecule has 0 bridgehead atoms. The predicted octanol–water partition coefficient (Wildman–Crippen LogP) is 2.00. The first kappa shape index (κ1) is 37.1. The van der Waals surface area contributed by atoms with Gasteiger partial charge >= 0.3 is 12.1 Å². The molecule has 0 radical (unpaired) electrons. The molecule has 16 heteroatoms. The summed E-state index contributed by atoms with van der Waals surface area (Å²) in [6.45, 7) is 2.94. The van der Waals surface area contributed by atoms with Crippen LogP contribution in [0.1, 0.15) is 81.6 Å². The minimum atomic E-state index is -1.22. The maximum atomic E-state index is 13.5. The van der Waals surface area contributed by atoms with Crippen molar-refractivity contribution >= 4 is 35.7 Å². The molecule has 3 aliphatic rings. The van der Waals surface area contributed by atoms with Crippen molar-refractivity contribution in [2.45, 2.75) is 95.3 Å². The lowest BCUT2D eigenvalue weighted by Gasteiger charge is -2.30. The molecule has 3 fully saturated rings. The van der Waals surface area contributed by atoms with Gasteiger partial charge in [0, 0.05) is 44.2 Å². The highest BCUT2D eigenvalue weighted by Crippen LogP contribution is 2.24. The van der Waals surface area contributed by atoms with Crippen molar-refractivity contribution in [2.75, 3.05) is 32.8 Å². The summed E-state index contributed by atoms with van der Waals surface area (Å²) in [6.07, 6.45) is 5.30. The average molecular weight is 710 g/mol. The van der Waals surface area contributed by atoms with Gasteiger partial charge in [0.1, 0.15) is 12.1 Å². The summed E-state index contributed by atoms with van der Waals surface area (Å²) in [5, 5.41) is 22.2. The van der Waals surface area contributed by atoms with Gasteiger partial charge in [0.05, 0.1) is 12.3 Å². The van der Waals surface area contributed by atoms with Gasteiger partial charge in [-0.2, -0.15) is 5.10 Å². The van der Waals surface area contributed by atoms with Crippen molar-refractivity contribution < 1.29 is 43.3 Å². The van der Waals surface area contributed by atoms with E-state index in [0.29, 0.717) is 44.6 Å². The van der Waals surface area contributed by atoms with Gasteiger partial charge in [-0.05, 0) is 63.5 Å². The van der Waals surface area contributed by atoms with Crippen LogP contribution >= 0.6 is 0 Å². The maximum absolute atomic E-state index is 13.5. The Bertz CT molecular complexity index is 1560. The van der Waals surface area contributed by atoms with Crippen molar-refractivity contribution in [3.05, 3.63) is 42.1 Å². The second kappa shape index (κ2) is 17.7. The molecule has 4 N–H and O–H groups in total. The summed E-state index contributed by atoms with van der Waals surface area (Å²) in [7, 11) is 0. The first-order chi connectivity index (χ1) is 24.6. The molecule has 16 nitrogen and oxygen atoms in total. The minimum absolute atomic E-state index is 0.0813. The quantitative estimate of drug-likeness (QED) is 0.187. The van der Waals surface area contributed by atoms with Crippen LogP contribution < -0.4 is 20.7 Å². The Labute approximate surface area is 296 Å². The van der Waals surface area contributed by atoms with E-state index < -0.39 is 48.6 Å². The largest absolute Gasteiger partial charge is 0.481 e. The third kappa shape index (κ3) is 9.98. The van der Waals surface area contributed by atoms with Crippen LogP contribution in [0.2, 0.25) is 0 Å². The average Bonchev–Trinajstić information content (AvgIpc) is 3.88. The first-order valence-electron chi connectivity index (χ1n) is 17.8. The molecule has 2 aliphatic heterocycles. The fourth-order valence-corrected chi connectivity index (χ4v) is 6.25. The second-order valence-electron chi connectivity index (χ2n) is 13.2. The van der Waals surface area contributed by atoms with Crippen LogP contribution in [0.3, 0.4) is 0 Å². The highest BCUT2D eigenvalue weighted by Gasteiger charge is 2.36. The van der Waals surface area contributed by atoms with Crippen molar-refractivity contribution in [1.82, 2.24) is 35.5 Å². The zero-order valence-corrected chi connectivity index (χ0v) is 28.9. The fraction of sp³-hybridized carbons (Fsp3) is 0.571. The van der Waals surface area contributed by atoms with Gasteiger partial charge in [-0.25, -0.2) is 9.48 Å². The number of para-hydroxylation sites is 1. The second-order valence-corrected chi connectivity index (χ2v) is 13.2. The maximum Gasteiger partial charge on any atom is 0.409 e. The summed E-state index contributed by atoms with van der Waals surface area (Å²) < 4.78 is 12.5. The first-order valence-corrected chi connectivity index (χ1v) is 17.8. The number of carboxylic acid groups (broad SMARTS) is 1. The van der Waals surface area contributed by atoms with Crippen molar-refractivity contribution in [1.29, 1.82) is 0 Å². The van der Waals surface area contributed by atoms with Crippen LogP contribution in [0.4, 0.5) is 4.79 Å². The van der Waals surface area contributed by atoms with E-state index >= 15 is 0 Å². The van der Waals surface area contributed by atoms with Gasteiger partial charge in [-0.15, -0.1) is 0 Å². The van der Waals surface area contributed by atoms with E-state index in [0.717, 1.165) is 32.1 Å². The topological polar surface area (TPSA) is 202 Å². The molecule has 1 aliphatic carbocycles. The Morgan fingerprint density at radius 3 is 2.47 bits per heavy atom. The number of ether oxygens (including phenoxy) is 2. The van der Waals surface area contributed by atoms with E-state index in [4.69, 9.17) is 9.47 Å². The lowest BCUT2D eigenvalue weighted by molar-refractivity contribution is -0.140. The van der Waals surface area contributed by atoms with Gasteiger partial charge in [0.15, 0.2) is 12.3 Å². The summed E-state index contributed by atoms with van der Waals surface area (Å²) in [6, 6.07) is 8.11. The molecule has 1 saturated carbocycles. The van der Waals surface area contributed by atoms with Crippen molar-refractivity contribution in [3.63, 3.8) is 0 Å². The molecular formula is C35H47N7O9. The number of nitrogens with one attached hydrogen (secondary N) is 3. The Kier molecular flexibility index (Phi) is 12.9. The Morgan fingerprint density at radius 1 is 0.980 bits per heavy atom. The number of hydrogen-bond acceptors (Lipinski definition) is 9. The van der Waals surface area contributed by atoms with Gasteiger partial charge in [-0.3, -0.25) is 24.0 Å². The van der Waals surface area contributed by atoms with E-state index in [1.165, 1.54) is 20.5 Å². The highest BCUT2D eigenvalue weighted by molar-refractivity contribution is 5.96. The van der Waals surface area contributed by atoms with E-state index in [9.17, 15) is 33.9 Å².